The molecule has 1 aliphatic heterocycles. The zero-order chi connectivity index (χ0) is 21.2. The Morgan fingerprint density at radius 2 is 1.90 bits per heavy atom. The number of carbonyl (C=O) groups excluding carboxylic acids is 3. The normalized spacial score (nSPS) is 13.5. The van der Waals surface area contributed by atoms with Crippen LogP contribution >= 0.6 is 0 Å². The monoisotopic (exact) mass is 406 g/mol. The van der Waals surface area contributed by atoms with Gasteiger partial charge in [0.2, 0.25) is 5.91 Å². The van der Waals surface area contributed by atoms with Crippen LogP contribution in [0.1, 0.15) is 28.8 Å². The average molecular weight is 406 g/mol. The SMILES string of the molecule is CN1C(=O)COc2ccc(C(=O)CCC(=O)Nc3cccc(C(F)(F)F)c3)cc21. The van der Waals surface area contributed by atoms with Crippen molar-refractivity contribution in [3.8, 4) is 5.75 Å². The van der Waals surface area contributed by atoms with E-state index in [1.165, 1.54) is 29.2 Å². The minimum atomic E-state index is -4.51. The fraction of sp³-hybridized carbons (Fsp3) is 0.250. The topological polar surface area (TPSA) is 75.7 Å². The first-order chi connectivity index (χ1) is 13.6. The van der Waals surface area contributed by atoms with Crippen molar-refractivity contribution in [1.82, 2.24) is 0 Å². The molecule has 0 saturated heterocycles. The summed E-state index contributed by atoms with van der Waals surface area (Å²) in [6.45, 7) is -0.0769. The molecular weight excluding hydrogens is 389 g/mol. The Hall–Kier alpha value is -3.36. The molecule has 1 aliphatic rings. The van der Waals surface area contributed by atoms with E-state index in [1.807, 2.05) is 0 Å². The van der Waals surface area contributed by atoms with Crippen LogP contribution in [-0.4, -0.2) is 31.3 Å². The number of hydrogen-bond acceptors (Lipinski definition) is 4. The maximum atomic E-state index is 12.7. The smallest absolute Gasteiger partial charge is 0.416 e. The van der Waals surface area contributed by atoms with Crippen LogP contribution in [-0.2, 0) is 15.8 Å². The third kappa shape index (κ3) is 4.74. The van der Waals surface area contributed by atoms with Crippen molar-refractivity contribution in [2.24, 2.45) is 0 Å². The second kappa shape index (κ2) is 7.94. The van der Waals surface area contributed by atoms with E-state index in [9.17, 15) is 27.6 Å². The van der Waals surface area contributed by atoms with Crippen molar-refractivity contribution >= 4 is 29.0 Å². The summed E-state index contributed by atoms with van der Waals surface area (Å²) < 4.78 is 43.5. The third-order valence-electron chi connectivity index (χ3n) is 4.42. The molecule has 0 aromatic heterocycles. The highest BCUT2D eigenvalue weighted by Crippen LogP contribution is 2.33. The number of benzene rings is 2. The number of amides is 2. The van der Waals surface area contributed by atoms with Gasteiger partial charge < -0.3 is 15.0 Å². The van der Waals surface area contributed by atoms with E-state index in [0.717, 1.165) is 12.1 Å². The average Bonchev–Trinajstić information content (AvgIpc) is 2.68. The maximum Gasteiger partial charge on any atom is 0.416 e. The fourth-order valence-electron chi connectivity index (χ4n) is 2.81. The number of ketones is 1. The molecule has 2 aromatic carbocycles. The number of hydrogen-bond donors (Lipinski definition) is 1. The van der Waals surface area contributed by atoms with Gasteiger partial charge in [-0.25, -0.2) is 0 Å². The molecule has 6 nitrogen and oxygen atoms in total. The van der Waals surface area contributed by atoms with Crippen molar-refractivity contribution in [3.05, 3.63) is 53.6 Å². The lowest BCUT2D eigenvalue weighted by Crippen LogP contribution is -2.35. The molecular formula is C20H17F3N2O4. The van der Waals surface area contributed by atoms with Gasteiger partial charge in [-0.05, 0) is 36.4 Å². The summed E-state index contributed by atoms with van der Waals surface area (Å²) in [6.07, 6.45) is -4.85. The predicted octanol–water partition coefficient (Wildman–Crippen LogP) is 3.66. The van der Waals surface area contributed by atoms with Crippen molar-refractivity contribution in [3.63, 3.8) is 0 Å². The van der Waals surface area contributed by atoms with Crippen LogP contribution in [0.5, 0.6) is 5.75 Å². The van der Waals surface area contributed by atoms with E-state index in [-0.39, 0.29) is 36.8 Å². The maximum absolute atomic E-state index is 12.7. The Balaban J connectivity index is 1.61. The standard InChI is InChI=1S/C20H17F3N2O4/c1-25-15-9-12(5-7-17(15)29-11-19(25)28)16(26)6-8-18(27)24-14-4-2-3-13(10-14)20(21,22)23/h2-5,7,9-10H,6,8,11H2,1H3,(H,24,27). The van der Waals surface area contributed by atoms with Gasteiger partial charge in [-0.15, -0.1) is 0 Å². The first-order valence-corrected chi connectivity index (χ1v) is 8.69. The van der Waals surface area contributed by atoms with Crippen LogP contribution in [0, 0.1) is 0 Å². The summed E-state index contributed by atoms with van der Waals surface area (Å²) in [5.41, 5.74) is -0.106. The summed E-state index contributed by atoms with van der Waals surface area (Å²) in [5, 5.41) is 2.36. The number of likely N-dealkylation sites (N-methyl/N-ethyl adjacent to an activating group) is 1. The molecule has 2 amide bonds. The number of rotatable bonds is 5. The number of ether oxygens (including phenoxy) is 1. The van der Waals surface area contributed by atoms with Gasteiger partial charge in [0.05, 0.1) is 11.3 Å². The zero-order valence-electron chi connectivity index (χ0n) is 15.4. The van der Waals surface area contributed by atoms with Gasteiger partial charge >= 0.3 is 6.18 Å². The first kappa shape index (κ1) is 20.4. The molecule has 1 heterocycles. The Morgan fingerprint density at radius 1 is 1.14 bits per heavy atom. The van der Waals surface area contributed by atoms with Crippen LogP contribution in [0.25, 0.3) is 0 Å². The minimum absolute atomic E-state index is 0.00309. The van der Waals surface area contributed by atoms with Gasteiger partial charge in [-0.2, -0.15) is 13.2 Å². The van der Waals surface area contributed by atoms with Gasteiger partial charge in [-0.3, -0.25) is 14.4 Å². The number of Topliss-reactive ketones (excluding diaryl/α,β-unsaturated/α-hetero) is 1. The van der Waals surface area contributed by atoms with Gasteiger partial charge in [0, 0.05) is 31.1 Å². The van der Waals surface area contributed by atoms with E-state index in [1.54, 1.807) is 13.1 Å². The molecule has 0 fully saturated rings. The zero-order valence-corrected chi connectivity index (χ0v) is 15.4. The lowest BCUT2D eigenvalue weighted by Gasteiger charge is -2.26. The van der Waals surface area contributed by atoms with Crippen molar-refractivity contribution < 1.29 is 32.3 Å². The summed E-state index contributed by atoms with van der Waals surface area (Å²) in [5.74, 6) is -0.682. The Labute approximate surface area is 164 Å². The molecule has 0 saturated carbocycles. The van der Waals surface area contributed by atoms with Crippen molar-refractivity contribution in [1.29, 1.82) is 0 Å². The molecule has 0 radical (unpaired) electrons. The number of nitrogens with one attached hydrogen (secondary N) is 1. The second-order valence-corrected chi connectivity index (χ2v) is 6.47. The van der Waals surface area contributed by atoms with E-state index in [4.69, 9.17) is 4.74 Å². The number of halogens is 3. The Morgan fingerprint density at radius 3 is 2.62 bits per heavy atom. The highest BCUT2D eigenvalue weighted by Gasteiger charge is 2.30. The molecule has 0 aliphatic carbocycles. The van der Waals surface area contributed by atoms with Crippen LogP contribution in [0.3, 0.4) is 0 Å². The van der Waals surface area contributed by atoms with E-state index in [2.05, 4.69) is 5.32 Å². The molecule has 1 N–H and O–H groups in total. The van der Waals surface area contributed by atoms with Crippen molar-refractivity contribution in [2.75, 3.05) is 23.9 Å². The lowest BCUT2D eigenvalue weighted by molar-refractivity contribution is -0.137. The summed E-state index contributed by atoms with van der Waals surface area (Å²) in [4.78, 5) is 37.5. The molecule has 0 bridgehead atoms. The molecule has 0 atom stereocenters. The second-order valence-electron chi connectivity index (χ2n) is 6.47. The summed E-state index contributed by atoms with van der Waals surface area (Å²) in [6, 6.07) is 8.89. The summed E-state index contributed by atoms with van der Waals surface area (Å²) >= 11 is 0. The predicted molar refractivity (Wildman–Crippen MR) is 99.0 cm³/mol. The van der Waals surface area contributed by atoms with Crippen molar-refractivity contribution in [2.45, 2.75) is 19.0 Å². The number of nitrogens with zero attached hydrogens (tertiary/aromatic N) is 1. The minimum Gasteiger partial charge on any atom is -0.482 e. The number of fused-ring (bicyclic) bond motifs is 1. The van der Waals surface area contributed by atoms with Gasteiger partial charge in [0.1, 0.15) is 5.75 Å². The Bertz CT molecular complexity index is 972. The largest absolute Gasteiger partial charge is 0.482 e. The third-order valence-corrected chi connectivity index (χ3v) is 4.42. The molecule has 152 valence electrons. The number of alkyl halides is 3. The van der Waals surface area contributed by atoms with Crippen LogP contribution < -0.4 is 15.0 Å². The molecule has 0 unspecified atom stereocenters. The molecule has 0 spiro atoms. The Kier molecular flexibility index (Phi) is 5.58. The number of carbonyl (C=O) groups is 3. The van der Waals surface area contributed by atoms with Crippen LogP contribution in [0.15, 0.2) is 42.5 Å². The van der Waals surface area contributed by atoms with Gasteiger partial charge in [-0.1, -0.05) is 6.07 Å². The van der Waals surface area contributed by atoms with Gasteiger partial charge in [0.15, 0.2) is 12.4 Å². The number of anilines is 2. The summed E-state index contributed by atoms with van der Waals surface area (Å²) in [7, 11) is 1.57. The fourth-order valence-corrected chi connectivity index (χ4v) is 2.81. The van der Waals surface area contributed by atoms with E-state index < -0.39 is 17.6 Å². The van der Waals surface area contributed by atoms with Crippen LogP contribution in [0.4, 0.5) is 24.5 Å². The first-order valence-electron chi connectivity index (χ1n) is 8.69. The molecule has 9 heteroatoms. The highest BCUT2D eigenvalue weighted by molar-refractivity contribution is 6.03. The lowest BCUT2D eigenvalue weighted by atomic mass is 10.0. The molecule has 3 rings (SSSR count). The van der Waals surface area contributed by atoms with Crippen LogP contribution in [0.2, 0.25) is 0 Å². The highest BCUT2D eigenvalue weighted by atomic mass is 19.4. The molecule has 2 aromatic rings. The molecule has 29 heavy (non-hydrogen) atoms. The van der Waals surface area contributed by atoms with E-state index in [0.29, 0.717) is 17.0 Å². The van der Waals surface area contributed by atoms with Gasteiger partial charge in [0.25, 0.3) is 5.91 Å². The quantitative estimate of drug-likeness (QED) is 0.769. The van der Waals surface area contributed by atoms with E-state index >= 15 is 0 Å².